The molecule has 0 aliphatic carbocycles. The highest BCUT2D eigenvalue weighted by Gasteiger charge is 2.33. The molecule has 0 spiro atoms. The van der Waals surface area contributed by atoms with Crippen molar-refractivity contribution >= 4 is 17.3 Å². The van der Waals surface area contributed by atoms with Crippen LogP contribution in [0, 0.1) is 6.92 Å². The van der Waals surface area contributed by atoms with Gasteiger partial charge in [0, 0.05) is 5.69 Å². The fraction of sp³-hybridized carbons (Fsp3) is 0.273. The molecule has 0 atom stereocenters. The number of halogens is 4. The van der Waals surface area contributed by atoms with Gasteiger partial charge in [-0.05, 0) is 25.1 Å². The van der Waals surface area contributed by atoms with Crippen LogP contribution in [0.3, 0.4) is 0 Å². The highest BCUT2D eigenvalue weighted by atomic mass is 35.5. The third-order valence-electron chi connectivity index (χ3n) is 2.48. The van der Waals surface area contributed by atoms with Crippen molar-refractivity contribution in [2.24, 2.45) is 0 Å². The summed E-state index contributed by atoms with van der Waals surface area (Å²) in [5.74, 6) is 0. The molecule has 0 aliphatic heterocycles. The molecule has 0 fully saturated rings. The minimum absolute atomic E-state index is 0.217. The number of hydrogen-bond donors (Lipinski definition) is 1. The Hall–Kier alpha value is -1.76. The van der Waals surface area contributed by atoms with Crippen LogP contribution in [0.15, 0.2) is 22.8 Å². The summed E-state index contributed by atoms with van der Waals surface area (Å²) in [6.45, 7) is 1.91. The number of nitrogens with zero attached hydrogens (tertiary/aromatic N) is 2. The maximum atomic E-state index is 12.7. The Morgan fingerprint density at radius 2 is 2.05 bits per heavy atom. The molecule has 0 saturated carbocycles. The summed E-state index contributed by atoms with van der Waals surface area (Å²) >= 11 is 5.52. The first-order valence-corrected chi connectivity index (χ1v) is 5.64. The normalized spacial score (nSPS) is 11.6. The maximum Gasteiger partial charge on any atom is 0.417 e. The van der Waals surface area contributed by atoms with E-state index in [1.165, 1.54) is 12.1 Å². The summed E-state index contributed by atoms with van der Waals surface area (Å²) in [6, 6.07) is 3.60. The lowest BCUT2D eigenvalue weighted by Gasteiger charge is -2.11. The Labute approximate surface area is 111 Å². The van der Waals surface area contributed by atoms with Crippen molar-refractivity contribution in [1.29, 1.82) is 0 Å². The predicted molar refractivity (Wildman–Crippen MR) is 62.8 cm³/mol. The summed E-state index contributed by atoms with van der Waals surface area (Å²) < 4.78 is 42.5. The molecular weight excluding hydrogens is 283 g/mol. The number of benzene rings is 1. The second-order valence-electron chi connectivity index (χ2n) is 3.84. The molecule has 4 nitrogen and oxygen atoms in total. The van der Waals surface area contributed by atoms with Crippen LogP contribution in [0.25, 0.3) is 0 Å². The van der Waals surface area contributed by atoms with Crippen molar-refractivity contribution in [2.45, 2.75) is 19.6 Å². The summed E-state index contributed by atoms with van der Waals surface area (Å²) in [5, 5.41) is 9.67. The molecule has 0 radical (unpaired) electrons. The van der Waals surface area contributed by atoms with Crippen LogP contribution in [0.1, 0.15) is 17.0 Å². The molecule has 0 aliphatic rings. The van der Waals surface area contributed by atoms with Gasteiger partial charge in [-0.3, -0.25) is 0 Å². The third kappa shape index (κ3) is 3.17. The number of rotatable bonds is 3. The van der Waals surface area contributed by atoms with E-state index in [4.69, 9.17) is 11.6 Å². The number of aromatic nitrogens is 2. The van der Waals surface area contributed by atoms with Crippen molar-refractivity contribution in [3.63, 3.8) is 0 Å². The third-order valence-corrected chi connectivity index (χ3v) is 2.81. The Bertz CT molecular complexity index is 583. The number of anilines is 1. The van der Waals surface area contributed by atoms with Gasteiger partial charge in [0.2, 0.25) is 0 Å². The summed E-state index contributed by atoms with van der Waals surface area (Å²) in [5.41, 5.74) is 0.523. The Morgan fingerprint density at radius 1 is 1.32 bits per heavy atom. The second-order valence-corrected chi connectivity index (χ2v) is 4.25. The number of nitrogens with one attached hydrogen (secondary N) is 1. The molecule has 1 aromatic heterocycles. The Kier molecular flexibility index (Phi) is 3.66. The zero-order valence-electron chi connectivity index (χ0n) is 9.75. The molecule has 0 unspecified atom stereocenters. The van der Waals surface area contributed by atoms with Gasteiger partial charge in [-0.25, -0.2) is 4.63 Å². The van der Waals surface area contributed by atoms with Crippen LogP contribution in [0.5, 0.6) is 0 Å². The SMILES string of the molecule is Cc1nonc1CNc1ccc(Cl)c(C(F)(F)F)c1. The van der Waals surface area contributed by atoms with Gasteiger partial charge in [-0.15, -0.1) is 0 Å². The molecule has 1 aromatic carbocycles. The first-order valence-electron chi connectivity index (χ1n) is 5.26. The van der Waals surface area contributed by atoms with E-state index in [0.29, 0.717) is 17.1 Å². The first kappa shape index (κ1) is 13.7. The molecule has 1 heterocycles. The summed E-state index contributed by atoms with van der Waals surface area (Å²) in [4.78, 5) is 0. The fourth-order valence-electron chi connectivity index (χ4n) is 1.45. The Balaban J connectivity index is 2.16. The van der Waals surface area contributed by atoms with Crippen molar-refractivity contribution < 1.29 is 17.8 Å². The van der Waals surface area contributed by atoms with E-state index in [0.717, 1.165) is 6.07 Å². The van der Waals surface area contributed by atoms with Crippen molar-refractivity contribution in [1.82, 2.24) is 10.3 Å². The minimum Gasteiger partial charge on any atom is -0.379 e. The lowest BCUT2D eigenvalue weighted by Crippen LogP contribution is -2.08. The van der Waals surface area contributed by atoms with Crippen molar-refractivity contribution in [3.05, 3.63) is 40.2 Å². The van der Waals surface area contributed by atoms with Crippen LogP contribution in [-0.4, -0.2) is 10.3 Å². The zero-order chi connectivity index (χ0) is 14.0. The molecule has 19 heavy (non-hydrogen) atoms. The van der Waals surface area contributed by atoms with Crippen LogP contribution in [0.4, 0.5) is 18.9 Å². The van der Waals surface area contributed by atoms with E-state index < -0.39 is 11.7 Å². The summed E-state index contributed by atoms with van der Waals surface area (Å²) in [7, 11) is 0. The monoisotopic (exact) mass is 291 g/mol. The molecule has 102 valence electrons. The number of alkyl halides is 3. The minimum atomic E-state index is -4.49. The van der Waals surface area contributed by atoms with Crippen molar-refractivity contribution in [2.75, 3.05) is 5.32 Å². The standard InChI is InChI=1S/C11H9ClF3N3O/c1-6-10(18-19-17-6)5-16-7-2-3-9(12)8(4-7)11(13,14)15/h2-4,16H,5H2,1H3. The Morgan fingerprint density at radius 3 is 2.63 bits per heavy atom. The molecule has 2 aromatic rings. The molecule has 0 bridgehead atoms. The highest BCUT2D eigenvalue weighted by Crippen LogP contribution is 2.36. The van der Waals surface area contributed by atoms with Gasteiger partial charge in [0.15, 0.2) is 0 Å². The van der Waals surface area contributed by atoms with Gasteiger partial charge >= 0.3 is 6.18 Å². The predicted octanol–water partition coefficient (Wildman–Crippen LogP) is 3.66. The average Bonchev–Trinajstić information content (AvgIpc) is 2.72. The van der Waals surface area contributed by atoms with E-state index in [-0.39, 0.29) is 11.6 Å². The molecule has 2 rings (SSSR count). The van der Waals surface area contributed by atoms with Gasteiger partial charge < -0.3 is 5.32 Å². The largest absolute Gasteiger partial charge is 0.417 e. The molecule has 8 heteroatoms. The second kappa shape index (κ2) is 5.08. The van der Waals surface area contributed by atoms with Crippen LogP contribution in [0.2, 0.25) is 5.02 Å². The average molecular weight is 292 g/mol. The van der Waals surface area contributed by atoms with Gasteiger partial charge in [0.25, 0.3) is 0 Å². The van der Waals surface area contributed by atoms with E-state index in [9.17, 15) is 13.2 Å². The smallest absolute Gasteiger partial charge is 0.379 e. The highest BCUT2D eigenvalue weighted by molar-refractivity contribution is 6.31. The van der Waals surface area contributed by atoms with Crippen LogP contribution in [-0.2, 0) is 12.7 Å². The lowest BCUT2D eigenvalue weighted by molar-refractivity contribution is -0.137. The molecule has 0 saturated heterocycles. The number of hydrogen-bond acceptors (Lipinski definition) is 4. The fourth-order valence-corrected chi connectivity index (χ4v) is 1.67. The quantitative estimate of drug-likeness (QED) is 0.937. The molecule has 1 N–H and O–H groups in total. The number of aryl methyl sites for hydroxylation is 1. The first-order chi connectivity index (χ1) is 8.88. The van der Waals surface area contributed by atoms with Crippen LogP contribution >= 0.6 is 11.6 Å². The zero-order valence-corrected chi connectivity index (χ0v) is 10.5. The van der Waals surface area contributed by atoms with E-state index in [1.54, 1.807) is 6.92 Å². The van der Waals surface area contributed by atoms with Crippen molar-refractivity contribution in [3.8, 4) is 0 Å². The maximum absolute atomic E-state index is 12.7. The van der Waals surface area contributed by atoms with E-state index in [1.807, 2.05) is 0 Å². The van der Waals surface area contributed by atoms with Crippen LogP contribution < -0.4 is 5.32 Å². The lowest BCUT2D eigenvalue weighted by atomic mass is 10.2. The summed E-state index contributed by atoms with van der Waals surface area (Å²) in [6.07, 6.45) is -4.49. The van der Waals surface area contributed by atoms with Gasteiger partial charge in [0.05, 0.1) is 17.1 Å². The topological polar surface area (TPSA) is 51.0 Å². The molecule has 0 amide bonds. The molecular formula is C11H9ClF3N3O. The van der Waals surface area contributed by atoms with E-state index >= 15 is 0 Å². The van der Waals surface area contributed by atoms with Gasteiger partial charge in [-0.2, -0.15) is 13.2 Å². The van der Waals surface area contributed by atoms with Gasteiger partial charge in [-0.1, -0.05) is 21.9 Å². The van der Waals surface area contributed by atoms with E-state index in [2.05, 4.69) is 20.3 Å². The van der Waals surface area contributed by atoms with Gasteiger partial charge in [0.1, 0.15) is 11.4 Å².